The first-order valence-electron chi connectivity index (χ1n) is 12.4. The van der Waals surface area contributed by atoms with Crippen molar-refractivity contribution in [2.75, 3.05) is 37.6 Å². The summed E-state index contributed by atoms with van der Waals surface area (Å²) in [6.45, 7) is 7.54. The predicted octanol–water partition coefficient (Wildman–Crippen LogP) is 4.52. The minimum atomic E-state index is -0.549. The Labute approximate surface area is 214 Å². The molecule has 0 radical (unpaired) electrons. The maximum absolute atomic E-state index is 13.6. The van der Waals surface area contributed by atoms with Crippen molar-refractivity contribution in [1.82, 2.24) is 9.80 Å². The second-order valence-electron chi connectivity index (χ2n) is 10.1. The minimum absolute atomic E-state index is 0.0781. The molecule has 8 heteroatoms. The van der Waals surface area contributed by atoms with Crippen LogP contribution in [0.3, 0.4) is 0 Å². The van der Waals surface area contributed by atoms with Gasteiger partial charge in [0.2, 0.25) is 0 Å². The molecule has 188 valence electrons. The molecule has 0 atom stereocenters. The number of anilines is 1. The Bertz CT molecular complexity index is 1430. The van der Waals surface area contributed by atoms with Crippen LogP contribution in [0.4, 0.5) is 15.8 Å². The van der Waals surface area contributed by atoms with Gasteiger partial charge < -0.3 is 9.32 Å². The lowest BCUT2D eigenvalue weighted by molar-refractivity contribution is -0.112. The Morgan fingerprint density at radius 1 is 1.00 bits per heavy atom. The van der Waals surface area contributed by atoms with Crippen molar-refractivity contribution in [2.45, 2.75) is 19.4 Å². The second kappa shape index (κ2) is 8.81. The van der Waals surface area contributed by atoms with Gasteiger partial charge in [0.25, 0.3) is 11.8 Å². The first-order valence-corrected chi connectivity index (χ1v) is 12.4. The molecule has 1 saturated heterocycles. The van der Waals surface area contributed by atoms with Gasteiger partial charge in [0.1, 0.15) is 11.5 Å². The summed E-state index contributed by atoms with van der Waals surface area (Å²) >= 11 is 0. The summed E-state index contributed by atoms with van der Waals surface area (Å²) in [5.74, 6) is -0.208. The van der Waals surface area contributed by atoms with E-state index in [9.17, 15) is 14.0 Å². The van der Waals surface area contributed by atoms with Crippen molar-refractivity contribution >= 4 is 34.5 Å². The topological polar surface area (TPSA) is 69.4 Å². The van der Waals surface area contributed by atoms with Gasteiger partial charge in [-0.2, -0.15) is 0 Å². The first kappa shape index (κ1) is 23.4. The number of benzene rings is 2. The highest BCUT2D eigenvalue weighted by Gasteiger charge is 2.46. The maximum atomic E-state index is 13.6. The average Bonchev–Trinajstić information content (AvgIpc) is 3.52. The number of amides is 2. The predicted molar refractivity (Wildman–Crippen MR) is 140 cm³/mol. The number of furan rings is 1. The summed E-state index contributed by atoms with van der Waals surface area (Å²) < 4.78 is 18.7. The fourth-order valence-electron chi connectivity index (χ4n) is 5.47. The minimum Gasteiger partial charge on any atom is -0.459 e. The van der Waals surface area contributed by atoms with Crippen LogP contribution in [-0.4, -0.2) is 65.6 Å². The van der Waals surface area contributed by atoms with E-state index in [0.717, 1.165) is 42.0 Å². The molecule has 7 nitrogen and oxygen atoms in total. The molecule has 3 aromatic rings. The number of piperazine rings is 1. The summed E-state index contributed by atoms with van der Waals surface area (Å²) in [6, 6.07) is 15.2. The highest BCUT2D eigenvalue weighted by molar-refractivity contribution is 6.55. The number of hydrogen-bond acceptors (Lipinski definition) is 5. The van der Waals surface area contributed by atoms with E-state index in [1.807, 2.05) is 35.8 Å². The molecule has 37 heavy (non-hydrogen) atoms. The van der Waals surface area contributed by atoms with Crippen molar-refractivity contribution in [2.24, 2.45) is 4.99 Å². The largest absolute Gasteiger partial charge is 0.459 e. The molecule has 0 bridgehead atoms. The maximum Gasteiger partial charge on any atom is 0.289 e. The number of carbonyl (C=O) groups excluding carboxylic acids is 2. The van der Waals surface area contributed by atoms with E-state index >= 15 is 0 Å². The van der Waals surface area contributed by atoms with E-state index in [4.69, 9.17) is 4.42 Å². The third-order valence-electron chi connectivity index (χ3n) is 7.22. The zero-order valence-electron chi connectivity index (χ0n) is 20.8. The Hall–Kier alpha value is -4.04. The molecule has 0 saturated carbocycles. The monoisotopic (exact) mass is 498 g/mol. The summed E-state index contributed by atoms with van der Waals surface area (Å²) in [5, 5.41) is 0. The van der Waals surface area contributed by atoms with E-state index in [1.54, 1.807) is 24.3 Å². The SMILES string of the molecule is CC1(C)C=C(CN2CCN(C(=O)c3ccco3)CC2)c2cccc3c2N1C(=O)C3=Nc1ccc(F)cc1. The average molecular weight is 499 g/mol. The van der Waals surface area contributed by atoms with E-state index in [2.05, 4.69) is 22.0 Å². The van der Waals surface area contributed by atoms with Crippen molar-refractivity contribution in [3.8, 4) is 0 Å². The Balaban J connectivity index is 1.27. The van der Waals surface area contributed by atoms with E-state index in [0.29, 0.717) is 30.2 Å². The molecule has 3 aliphatic rings. The summed E-state index contributed by atoms with van der Waals surface area (Å²) in [4.78, 5) is 36.8. The van der Waals surface area contributed by atoms with Crippen LogP contribution in [0.2, 0.25) is 0 Å². The van der Waals surface area contributed by atoms with Crippen LogP contribution in [0, 0.1) is 5.82 Å². The molecule has 6 rings (SSSR count). The standard InChI is InChI=1S/C29H27FN4O3/c1-29(2)17-19(18-32-12-14-33(15-13-32)27(35)24-7-4-16-37-24)22-5-3-6-23-25(28(36)34(29)26(22)23)31-21-10-8-20(30)9-11-21/h3-11,16-17H,12-15,18H2,1-2H3. The van der Waals surface area contributed by atoms with Gasteiger partial charge in [0.15, 0.2) is 5.76 Å². The van der Waals surface area contributed by atoms with Gasteiger partial charge in [-0.3, -0.25) is 19.4 Å². The summed E-state index contributed by atoms with van der Waals surface area (Å²) in [7, 11) is 0. The molecule has 0 unspecified atom stereocenters. The quantitative estimate of drug-likeness (QED) is 0.531. The van der Waals surface area contributed by atoms with Gasteiger partial charge in [-0.25, -0.2) is 9.38 Å². The van der Waals surface area contributed by atoms with Crippen LogP contribution in [0.25, 0.3) is 5.57 Å². The summed E-state index contributed by atoms with van der Waals surface area (Å²) in [6.07, 6.45) is 3.68. The molecule has 0 N–H and O–H groups in total. The van der Waals surface area contributed by atoms with Crippen LogP contribution in [-0.2, 0) is 4.79 Å². The fourth-order valence-corrected chi connectivity index (χ4v) is 5.47. The molecule has 0 aliphatic carbocycles. The van der Waals surface area contributed by atoms with Crippen LogP contribution in [0.1, 0.15) is 35.5 Å². The first-order chi connectivity index (χ1) is 17.8. The Morgan fingerprint density at radius 3 is 2.43 bits per heavy atom. The van der Waals surface area contributed by atoms with Crippen molar-refractivity contribution in [1.29, 1.82) is 0 Å². The molecule has 0 spiro atoms. The number of nitrogens with zero attached hydrogens (tertiary/aromatic N) is 4. The van der Waals surface area contributed by atoms with Crippen LogP contribution in [0.15, 0.2) is 76.3 Å². The molecule has 2 amide bonds. The molecule has 4 heterocycles. The lowest BCUT2D eigenvalue weighted by atomic mass is 9.88. The Morgan fingerprint density at radius 2 is 1.73 bits per heavy atom. The third kappa shape index (κ3) is 4.07. The lowest BCUT2D eigenvalue weighted by Crippen LogP contribution is -2.50. The van der Waals surface area contributed by atoms with E-state index < -0.39 is 5.54 Å². The fraction of sp³-hybridized carbons (Fsp3) is 0.276. The zero-order valence-corrected chi connectivity index (χ0v) is 20.8. The van der Waals surface area contributed by atoms with Gasteiger partial charge >= 0.3 is 0 Å². The number of carbonyl (C=O) groups is 2. The van der Waals surface area contributed by atoms with Gasteiger partial charge in [-0.1, -0.05) is 24.3 Å². The van der Waals surface area contributed by atoms with Crippen LogP contribution < -0.4 is 4.90 Å². The highest BCUT2D eigenvalue weighted by Crippen LogP contribution is 2.46. The number of para-hydroxylation sites is 1. The number of hydrogen-bond donors (Lipinski definition) is 0. The van der Waals surface area contributed by atoms with Crippen LogP contribution in [0.5, 0.6) is 0 Å². The second-order valence-corrected chi connectivity index (χ2v) is 10.1. The Kier molecular flexibility index (Phi) is 5.56. The molecule has 2 aromatic carbocycles. The highest BCUT2D eigenvalue weighted by atomic mass is 19.1. The van der Waals surface area contributed by atoms with Gasteiger partial charge in [0, 0.05) is 43.9 Å². The van der Waals surface area contributed by atoms with Crippen molar-refractivity contribution in [3.63, 3.8) is 0 Å². The molecule has 1 fully saturated rings. The normalized spacial score (nSPS) is 19.8. The van der Waals surface area contributed by atoms with E-state index in [1.165, 1.54) is 18.4 Å². The summed E-state index contributed by atoms with van der Waals surface area (Å²) in [5.41, 5.74) is 4.20. The zero-order chi connectivity index (χ0) is 25.7. The smallest absolute Gasteiger partial charge is 0.289 e. The lowest BCUT2D eigenvalue weighted by Gasteiger charge is -2.41. The van der Waals surface area contributed by atoms with Gasteiger partial charge in [-0.05, 0) is 55.8 Å². The van der Waals surface area contributed by atoms with Gasteiger partial charge in [0.05, 0.1) is 23.2 Å². The molecular formula is C29H27FN4O3. The van der Waals surface area contributed by atoms with E-state index in [-0.39, 0.29) is 17.6 Å². The molecular weight excluding hydrogens is 471 g/mol. The number of rotatable bonds is 4. The van der Waals surface area contributed by atoms with Crippen molar-refractivity contribution in [3.05, 3.63) is 89.6 Å². The number of aliphatic imine (C=N–C) groups is 1. The molecule has 3 aliphatic heterocycles. The molecule has 1 aromatic heterocycles. The van der Waals surface area contributed by atoms with Crippen molar-refractivity contribution < 1.29 is 18.4 Å². The third-order valence-corrected chi connectivity index (χ3v) is 7.22. The van der Waals surface area contributed by atoms with Crippen LogP contribution >= 0.6 is 0 Å². The van der Waals surface area contributed by atoms with Gasteiger partial charge in [-0.15, -0.1) is 0 Å². The number of halogens is 1.